The second-order valence-corrected chi connectivity index (χ2v) is 7.02. The third kappa shape index (κ3) is 2.72. The van der Waals surface area contributed by atoms with Gasteiger partial charge in [0.15, 0.2) is 0 Å². The van der Waals surface area contributed by atoms with Crippen molar-refractivity contribution in [2.24, 2.45) is 5.92 Å². The van der Waals surface area contributed by atoms with E-state index >= 15 is 0 Å². The van der Waals surface area contributed by atoms with E-state index in [-0.39, 0.29) is 5.60 Å². The summed E-state index contributed by atoms with van der Waals surface area (Å²) in [4.78, 5) is 0. The summed E-state index contributed by atoms with van der Waals surface area (Å²) in [6.07, 6.45) is 0.998. The van der Waals surface area contributed by atoms with E-state index in [1.165, 1.54) is 0 Å². The minimum absolute atomic E-state index is 0.132. The molecule has 1 atom stereocenters. The fourth-order valence-corrected chi connectivity index (χ4v) is 3.01. The lowest BCUT2D eigenvalue weighted by Crippen LogP contribution is -2.36. The lowest BCUT2D eigenvalue weighted by molar-refractivity contribution is 0.0636. The number of ether oxygens (including phenoxy) is 1. The van der Waals surface area contributed by atoms with Gasteiger partial charge in [0.25, 0.3) is 0 Å². The van der Waals surface area contributed by atoms with Gasteiger partial charge in [-0.15, -0.1) is 0 Å². The number of fused-ring (bicyclic) bond motifs is 1. The van der Waals surface area contributed by atoms with Gasteiger partial charge in [0.1, 0.15) is 17.1 Å². The van der Waals surface area contributed by atoms with E-state index in [0.717, 1.165) is 23.3 Å². The van der Waals surface area contributed by atoms with Crippen molar-refractivity contribution in [3.63, 3.8) is 0 Å². The number of rotatable bonds is 2. The molecule has 1 heterocycles. The van der Waals surface area contributed by atoms with E-state index in [0.29, 0.717) is 23.5 Å². The lowest BCUT2D eigenvalue weighted by Gasteiger charge is -2.39. The molecule has 2 nitrogen and oxygen atoms in total. The van der Waals surface area contributed by atoms with Gasteiger partial charge in [-0.3, -0.25) is 0 Å². The summed E-state index contributed by atoms with van der Waals surface area (Å²) in [7, 11) is 0. The minimum atomic E-state index is -0.132. The van der Waals surface area contributed by atoms with Crippen LogP contribution in [0.4, 0.5) is 0 Å². The maximum atomic E-state index is 10.2. The van der Waals surface area contributed by atoms with E-state index in [1.807, 2.05) is 12.1 Å². The van der Waals surface area contributed by atoms with Gasteiger partial charge >= 0.3 is 0 Å². The summed E-state index contributed by atoms with van der Waals surface area (Å²) in [6.45, 7) is 13.0. The number of hydrogen-bond donors (Lipinski definition) is 1. The second-order valence-electron chi connectivity index (χ2n) is 7.02. The highest BCUT2D eigenvalue weighted by atomic mass is 16.5. The highest BCUT2D eigenvalue weighted by molar-refractivity contribution is 5.50. The molecule has 1 aromatic rings. The number of phenols is 1. The van der Waals surface area contributed by atoms with Crippen molar-refractivity contribution in [1.82, 2.24) is 0 Å². The van der Waals surface area contributed by atoms with Gasteiger partial charge in [0.05, 0.1) is 0 Å². The smallest absolute Gasteiger partial charge is 0.124 e. The Balaban J connectivity index is 2.54. The molecule has 0 saturated heterocycles. The summed E-state index contributed by atoms with van der Waals surface area (Å²) in [5.41, 5.74) is 2.00. The van der Waals surface area contributed by atoms with Gasteiger partial charge < -0.3 is 9.84 Å². The van der Waals surface area contributed by atoms with Crippen LogP contribution in [0.5, 0.6) is 11.5 Å². The SMILES string of the molecule is CC(C)c1cc2c(cc1O)C(C(C)C)CC(C)(C)O2. The van der Waals surface area contributed by atoms with Crippen LogP contribution in [-0.4, -0.2) is 10.7 Å². The molecule has 0 saturated carbocycles. The van der Waals surface area contributed by atoms with Crippen LogP contribution in [0.15, 0.2) is 12.1 Å². The van der Waals surface area contributed by atoms with Crippen LogP contribution in [0, 0.1) is 5.92 Å². The molecule has 2 rings (SSSR count). The normalized spacial score (nSPS) is 21.4. The van der Waals surface area contributed by atoms with Crippen LogP contribution in [0.1, 0.15) is 70.9 Å². The van der Waals surface area contributed by atoms with E-state index in [1.54, 1.807) is 0 Å². The molecule has 19 heavy (non-hydrogen) atoms. The van der Waals surface area contributed by atoms with Gasteiger partial charge in [0, 0.05) is 11.1 Å². The van der Waals surface area contributed by atoms with Crippen molar-refractivity contribution >= 4 is 0 Å². The van der Waals surface area contributed by atoms with Crippen LogP contribution in [0.2, 0.25) is 0 Å². The summed E-state index contributed by atoms with van der Waals surface area (Å²) >= 11 is 0. The number of benzene rings is 1. The largest absolute Gasteiger partial charge is 0.508 e. The molecule has 0 amide bonds. The summed E-state index contributed by atoms with van der Waals surface area (Å²) < 4.78 is 6.13. The summed E-state index contributed by atoms with van der Waals surface area (Å²) in [5.74, 6) is 2.66. The molecule has 1 N–H and O–H groups in total. The van der Waals surface area contributed by atoms with Gasteiger partial charge in [-0.2, -0.15) is 0 Å². The second kappa shape index (κ2) is 4.73. The first kappa shape index (κ1) is 14.2. The third-order valence-corrected chi connectivity index (χ3v) is 4.08. The zero-order valence-corrected chi connectivity index (χ0v) is 12.9. The first-order chi connectivity index (χ1) is 8.71. The van der Waals surface area contributed by atoms with E-state index < -0.39 is 0 Å². The summed E-state index contributed by atoms with van der Waals surface area (Å²) in [6, 6.07) is 3.95. The first-order valence-electron chi connectivity index (χ1n) is 7.27. The molecule has 1 aliphatic heterocycles. The maximum Gasteiger partial charge on any atom is 0.124 e. The predicted octanol–water partition coefficient (Wildman–Crippen LogP) is 4.82. The minimum Gasteiger partial charge on any atom is -0.508 e. The fourth-order valence-electron chi connectivity index (χ4n) is 3.01. The Bertz CT molecular complexity index is 472. The molecular weight excluding hydrogens is 236 g/mol. The Morgan fingerprint density at radius 3 is 2.37 bits per heavy atom. The van der Waals surface area contributed by atoms with Crippen LogP contribution in [0.25, 0.3) is 0 Å². The Hall–Kier alpha value is -1.18. The fraction of sp³-hybridized carbons (Fsp3) is 0.647. The van der Waals surface area contributed by atoms with Gasteiger partial charge in [0.2, 0.25) is 0 Å². The highest BCUT2D eigenvalue weighted by Crippen LogP contribution is 2.47. The molecule has 0 fully saturated rings. The number of hydrogen-bond acceptors (Lipinski definition) is 2. The van der Waals surface area contributed by atoms with Crippen molar-refractivity contribution in [3.8, 4) is 11.5 Å². The molecule has 106 valence electrons. The topological polar surface area (TPSA) is 29.5 Å². The van der Waals surface area contributed by atoms with Crippen molar-refractivity contribution < 1.29 is 9.84 Å². The molecule has 2 heteroatoms. The summed E-state index contributed by atoms with van der Waals surface area (Å²) in [5, 5.41) is 10.2. The van der Waals surface area contributed by atoms with Crippen LogP contribution in [-0.2, 0) is 0 Å². The highest BCUT2D eigenvalue weighted by Gasteiger charge is 2.36. The number of aromatic hydroxyl groups is 1. The first-order valence-corrected chi connectivity index (χ1v) is 7.27. The Kier molecular flexibility index (Phi) is 3.55. The average Bonchev–Trinajstić information content (AvgIpc) is 2.26. The van der Waals surface area contributed by atoms with Crippen LogP contribution >= 0.6 is 0 Å². The zero-order chi connectivity index (χ0) is 14.4. The molecule has 0 aliphatic carbocycles. The predicted molar refractivity (Wildman–Crippen MR) is 79.1 cm³/mol. The Morgan fingerprint density at radius 2 is 1.84 bits per heavy atom. The standard InChI is InChI=1S/C17H26O2/c1-10(2)12-8-16-13(7-15(12)18)14(11(3)4)9-17(5,6)19-16/h7-8,10-11,14,18H,9H2,1-6H3. The Labute approximate surface area is 116 Å². The third-order valence-electron chi connectivity index (χ3n) is 4.08. The van der Waals surface area contributed by atoms with Crippen molar-refractivity contribution in [3.05, 3.63) is 23.3 Å². The lowest BCUT2D eigenvalue weighted by atomic mass is 9.77. The van der Waals surface area contributed by atoms with Crippen molar-refractivity contribution in [2.75, 3.05) is 0 Å². The molecular formula is C17H26O2. The van der Waals surface area contributed by atoms with E-state index in [2.05, 4.69) is 41.5 Å². The van der Waals surface area contributed by atoms with Crippen LogP contribution in [0.3, 0.4) is 0 Å². The monoisotopic (exact) mass is 262 g/mol. The van der Waals surface area contributed by atoms with E-state index in [4.69, 9.17) is 4.74 Å². The van der Waals surface area contributed by atoms with E-state index in [9.17, 15) is 5.11 Å². The number of phenolic OH excluding ortho intramolecular Hbond substituents is 1. The van der Waals surface area contributed by atoms with Crippen molar-refractivity contribution in [1.29, 1.82) is 0 Å². The molecule has 1 unspecified atom stereocenters. The van der Waals surface area contributed by atoms with Gasteiger partial charge in [-0.1, -0.05) is 27.7 Å². The molecule has 0 bridgehead atoms. The van der Waals surface area contributed by atoms with Gasteiger partial charge in [-0.05, 0) is 50.2 Å². The molecule has 1 aliphatic rings. The molecule has 0 aromatic heterocycles. The van der Waals surface area contributed by atoms with Gasteiger partial charge in [-0.25, -0.2) is 0 Å². The van der Waals surface area contributed by atoms with Crippen molar-refractivity contribution in [2.45, 2.75) is 65.4 Å². The molecule has 0 radical (unpaired) electrons. The Morgan fingerprint density at radius 1 is 1.21 bits per heavy atom. The quantitative estimate of drug-likeness (QED) is 0.828. The molecule has 1 aromatic carbocycles. The van der Waals surface area contributed by atoms with Crippen LogP contribution < -0.4 is 4.74 Å². The maximum absolute atomic E-state index is 10.2. The molecule has 0 spiro atoms. The average molecular weight is 262 g/mol. The zero-order valence-electron chi connectivity index (χ0n) is 12.9.